The summed E-state index contributed by atoms with van der Waals surface area (Å²) in [6.45, 7) is 12.5. The van der Waals surface area contributed by atoms with Crippen LogP contribution in [0.25, 0.3) is 0 Å². The zero-order valence-corrected chi connectivity index (χ0v) is 10.6. The summed E-state index contributed by atoms with van der Waals surface area (Å²) in [5.74, 6) is 1.34. The van der Waals surface area contributed by atoms with Gasteiger partial charge in [0, 0.05) is 5.92 Å². The van der Waals surface area contributed by atoms with Crippen molar-refractivity contribution in [2.45, 2.75) is 53.4 Å². The molecule has 0 aromatic carbocycles. The molecule has 0 aromatic rings. The van der Waals surface area contributed by atoms with Crippen LogP contribution in [0.5, 0.6) is 0 Å². The van der Waals surface area contributed by atoms with Crippen LogP contribution in [0.2, 0.25) is 0 Å². The molecule has 86 valence electrons. The van der Waals surface area contributed by atoms with E-state index in [1.165, 1.54) is 12.8 Å². The third-order valence-electron chi connectivity index (χ3n) is 3.74. The van der Waals surface area contributed by atoms with E-state index < -0.39 is 0 Å². The maximum Gasteiger partial charge on any atom is 0.161 e. The minimum atomic E-state index is 0.265. The van der Waals surface area contributed by atoms with Gasteiger partial charge in [-0.2, -0.15) is 0 Å². The molecule has 1 nitrogen and oxygen atoms in total. The molecule has 0 N–H and O–H groups in total. The molecule has 0 aliphatic heterocycles. The van der Waals surface area contributed by atoms with Crippen molar-refractivity contribution in [2.75, 3.05) is 0 Å². The van der Waals surface area contributed by atoms with E-state index in [4.69, 9.17) is 0 Å². The summed E-state index contributed by atoms with van der Waals surface area (Å²) in [5, 5.41) is 0. The van der Waals surface area contributed by atoms with Crippen molar-refractivity contribution in [1.82, 2.24) is 0 Å². The Hall–Kier alpha value is -0.590. The van der Waals surface area contributed by atoms with E-state index in [-0.39, 0.29) is 5.92 Å². The maximum absolute atomic E-state index is 11.8. The van der Waals surface area contributed by atoms with Gasteiger partial charge < -0.3 is 0 Å². The van der Waals surface area contributed by atoms with Crippen LogP contribution in [0, 0.1) is 17.3 Å². The minimum Gasteiger partial charge on any atom is -0.294 e. The summed E-state index contributed by atoms with van der Waals surface area (Å²) < 4.78 is 0. The second-order valence-corrected chi connectivity index (χ2v) is 6.06. The molecule has 1 fully saturated rings. The van der Waals surface area contributed by atoms with Gasteiger partial charge in [0.2, 0.25) is 0 Å². The number of allylic oxidation sites excluding steroid dienone is 1. The van der Waals surface area contributed by atoms with Crippen molar-refractivity contribution in [3.8, 4) is 0 Å². The molecule has 0 bridgehead atoms. The van der Waals surface area contributed by atoms with Gasteiger partial charge >= 0.3 is 0 Å². The largest absolute Gasteiger partial charge is 0.294 e. The molecule has 15 heavy (non-hydrogen) atoms. The van der Waals surface area contributed by atoms with Gasteiger partial charge in [-0.1, -0.05) is 27.4 Å². The van der Waals surface area contributed by atoms with E-state index in [9.17, 15) is 4.79 Å². The van der Waals surface area contributed by atoms with Gasteiger partial charge in [-0.05, 0) is 49.5 Å². The molecular formula is C14H24O. The van der Waals surface area contributed by atoms with Crippen molar-refractivity contribution in [3.05, 3.63) is 12.2 Å². The lowest BCUT2D eigenvalue weighted by molar-refractivity contribution is -0.120. The normalized spacial score (nSPS) is 27.5. The Balaban J connectivity index is 2.50. The molecule has 0 atom stereocenters. The third kappa shape index (κ3) is 3.19. The Morgan fingerprint density at radius 2 is 1.60 bits per heavy atom. The van der Waals surface area contributed by atoms with Gasteiger partial charge in [-0.3, -0.25) is 4.79 Å². The highest BCUT2D eigenvalue weighted by atomic mass is 16.1. The molecule has 0 amide bonds. The molecule has 1 aliphatic rings. The first-order chi connectivity index (χ1) is 6.82. The lowest BCUT2D eigenvalue weighted by atomic mass is 9.69. The second kappa shape index (κ2) is 4.51. The summed E-state index contributed by atoms with van der Waals surface area (Å²) in [6.07, 6.45) is 4.53. The summed E-state index contributed by atoms with van der Waals surface area (Å²) in [6, 6.07) is 0. The first-order valence-corrected chi connectivity index (χ1v) is 6.02. The predicted octanol–water partition coefficient (Wildman–Crippen LogP) is 3.98. The van der Waals surface area contributed by atoms with E-state index in [1.54, 1.807) is 0 Å². The first-order valence-electron chi connectivity index (χ1n) is 6.02. The van der Waals surface area contributed by atoms with Gasteiger partial charge in [0.05, 0.1) is 0 Å². The van der Waals surface area contributed by atoms with Gasteiger partial charge in [-0.15, -0.1) is 0 Å². The monoisotopic (exact) mass is 208 g/mol. The van der Waals surface area contributed by atoms with Crippen LogP contribution in [0.3, 0.4) is 0 Å². The number of Topliss-reactive ketones (excluding diaryl/α,β-unsaturated/α-hetero) is 1. The fraction of sp³-hybridized carbons (Fsp3) is 0.786. The molecule has 1 heteroatoms. The predicted molar refractivity (Wildman–Crippen MR) is 64.7 cm³/mol. The first kappa shape index (κ1) is 12.5. The highest BCUT2D eigenvalue weighted by Gasteiger charge is 2.32. The van der Waals surface area contributed by atoms with Crippen LogP contribution < -0.4 is 0 Å². The van der Waals surface area contributed by atoms with Crippen LogP contribution in [0.1, 0.15) is 53.4 Å². The average Bonchev–Trinajstić information content (AvgIpc) is 2.15. The third-order valence-corrected chi connectivity index (χ3v) is 3.74. The quantitative estimate of drug-likeness (QED) is 0.627. The zero-order chi connectivity index (χ0) is 11.6. The lowest BCUT2D eigenvalue weighted by Gasteiger charge is -2.36. The average molecular weight is 208 g/mol. The minimum absolute atomic E-state index is 0.265. The lowest BCUT2D eigenvalue weighted by Crippen LogP contribution is -2.29. The summed E-state index contributed by atoms with van der Waals surface area (Å²) in [5.41, 5.74) is 1.13. The number of hydrogen-bond acceptors (Lipinski definition) is 1. The van der Waals surface area contributed by atoms with Gasteiger partial charge in [0.1, 0.15) is 0 Å². The number of carbonyl (C=O) groups excluding carboxylic acids is 1. The SMILES string of the molecule is C=C(C)C(=O)C1CCC(C(C)(C)C)CC1. The van der Waals surface area contributed by atoms with E-state index in [1.807, 2.05) is 6.92 Å². The fourth-order valence-electron chi connectivity index (χ4n) is 2.57. The van der Waals surface area contributed by atoms with Crippen LogP contribution in [0.15, 0.2) is 12.2 Å². The van der Waals surface area contributed by atoms with Crippen LogP contribution >= 0.6 is 0 Å². The molecule has 1 rings (SSSR count). The highest BCUT2D eigenvalue weighted by molar-refractivity contribution is 5.96. The Morgan fingerprint density at radius 1 is 1.13 bits per heavy atom. The maximum atomic E-state index is 11.8. The molecule has 1 saturated carbocycles. The van der Waals surface area contributed by atoms with E-state index in [2.05, 4.69) is 27.4 Å². The van der Waals surface area contributed by atoms with E-state index in [0.29, 0.717) is 11.2 Å². The Labute approximate surface area is 93.9 Å². The van der Waals surface area contributed by atoms with Gasteiger partial charge in [0.15, 0.2) is 5.78 Å². The van der Waals surface area contributed by atoms with Crippen LogP contribution in [0.4, 0.5) is 0 Å². The Morgan fingerprint density at radius 3 is 1.93 bits per heavy atom. The topological polar surface area (TPSA) is 17.1 Å². The van der Waals surface area contributed by atoms with Crippen LogP contribution in [-0.2, 0) is 4.79 Å². The van der Waals surface area contributed by atoms with Crippen molar-refractivity contribution >= 4 is 5.78 Å². The van der Waals surface area contributed by atoms with Gasteiger partial charge in [-0.25, -0.2) is 0 Å². The van der Waals surface area contributed by atoms with Crippen molar-refractivity contribution in [2.24, 2.45) is 17.3 Å². The Kier molecular flexibility index (Phi) is 3.75. The molecule has 0 saturated heterocycles. The number of rotatable bonds is 2. The highest BCUT2D eigenvalue weighted by Crippen LogP contribution is 2.40. The number of hydrogen-bond donors (Lipinski definition) is 0. The molecule has 1 aliphatic carbocycles. The number of ketones is 1. The summed E-state index contributed by atoms with van der Waals surface area (Å²) in [4.78, 5) is 11.8. The Bertz CT molecular complexity index is 249. The van der Waals surface area contributed by atoms with E-state index >= 15 is 0 Å². The van der Waals surface area contributed by atoms with E-state index in [0.717, 1.165) is 24.3 Å². The number of carbonyl (C=O) groups is 1. The summed E-state index contributed by atoms with van der Waals surface area (Å²) >= 11 is 0. The van der Waals surface area contributed by atoms with Crippen molar-refractivity contribution < 1.29 is 4.79 Å². The van der Waals surface area contributed by atoms with Gasteiger partial charge in [0.25, 0.3) is 0 Å². The second-order valence-electron chi connectivity index (χ2n) is 6.06. The summed E-state index contributed by atoms with van der Waals surface area (Å²) in [7, 11) is 0. The van der Waals surface area contributed by atoms with Crippen molar-refractivity contribution in [3.63, 3.8) is 0 Å². The molecular weight excluding hydrogens is 184 g/mol. The standard InChI is InChI=1S/C14H24O/c1-10(2)13(15)11-6-8-12(9-7-11)14(3,4)5/h11-12H,1,6-9H2,2-5H3. The zero-order valence-electron chi connectivity index (χ0n) is 10.6. The molecule has 0 radical (unpaired) electrons. The van der Waals surface area contributed by atoms with Crippen LogP contribution in [-0.4, -0.2) is 5.78 Å². The smallest absolute Gasteiger partial charge is 0.161 e. The molecule has 0 unspecified atom stereocenters. The fourth-order valence-corrected chi connectivity index (χ4v) is 2.57. The molecule has 0 spiro atoms. The molecule has 0 heterocycles. The molecule has 0 aromatic heterocycles. The van der Waals surface area contributed by atoms with Crippen molar-refractivity contribution in [1.29, 1.82) is 0 Å².